The highest BCUT2D eigenvalue weighted by molar-refractivity contribution is 7.15. The molecule has 1 aromatic carbocycles. The highest BCUT2D eigenvalue weighted by atomic mass is 32.1. The van der Waals surface area contributed by atoms with Gasteiger partial charge in [0.2, 0.25) is 0 Å². The minimum atomic E-state index is -0.577. The van der Waals surface area contributed by atoms with E-state index in [9.17, 15) is 9.50 Å². The Bertz CT molecular complexity index is 631. The number of benzene rings is 1. The van der Waals surface area contributed by atoms with Crippen molar-refractivity contribution in [1.82, 2.24) is 9.88 Å². The van der Waals surface area contributed by atoms with Gasteiger partial charge in [0, 0.05) is 37.6 Å². The van der Waals surface area contributed by atoms with Crippen molar-refractivity contribution in [2.75, 3.05) is 37.6 Å². The Morgan fingerprint density at radius 3 is 2.39 bits per heavy atom. The molecule has 2 aromatic rings. The number of aryl methyl sites for hydroxylation is 2. The lowest BCUT2D eigenvalue weighted by Crippen LogP contribution is -2.47. The van der Waals surface area contributed by atoms with E-state index in [1.807, 2.05) is 6.92 Å². The number of β-amino-alcohol motifs (C(OH)–C–C–N with tert-alkyl or cyclic N) is 1. The summed E-state index contributed by atoms with van der Waals surface area (Å²) in [5.74, 6) is -0.274. The van der Waals surface area contributed by atoms with Crippen molar-refractivity contribution >= 4 is 16.5 Å². The van der Waals surface area contributed by atoms with Gasteiger partial charge in [0.1, 0.15) is 5.82 Å². The largest absolute Gasteiger partial charge is 0.387 e. The first-order valence-corrected chi connectivity index (χ1v) is 8.69. The molecule has 0 radical (unpaired) electrons. The zero-order chi connectivity index (χ0) is 16.4. The predicted octanol–water partition coefficient (Wildman–Crippen LogP) is 2.75. The maximum atomic E-state index is 12.9. The summed E-state index contributed by atoms with van der Waals surface area (Å²) >= 11 is 1.75. The Morgan fingerprint density at radius 2 is 1.83 bits per heavy atom. The first-order valence-electron chi connectivity index (χ1n) is 7.88. The molecule has 3 rings (SSSR count). The van der Waals surface area contributed by atoms with Crippen LogP contribution in [0.15, 0.2) is 24.3 Å². The smallest absolute Gasteiger partial charge is 0.185 e. The van der Waals surface area contributed by atoms with Gasteiger partial charge in [-0.3, -0.25) is 4.90 Å². The number of aromatic nitrogens is 1. The zero-order valence-electron chi connectivity index (χ0n) is 13.5. The standard InChI is InChI=1S/C17H22FN3OS/c1-12-13(2)23-17(19-12)21-9-7-20(8-10-21)11-16(22)14-3-5-15(18)6-4-14/h3-6,16,22H,7-11H2,1-2H3. The van der Waals surface area contributed by atoms with Crippen LogP contribution in [0.25, 0.3) is 0 Å². The van der Waals surface area contributed by atoms with Gasteiger partial charge in [-0.25, -0.2) is 9.37 Å². The lowest BCUT2D eigenvalue weighted by molar-refractivity contribution is 0.109. The highest BCUT2D eigenvalue weighted by Gasteiger charge is 2.22. The van der Waals surface area contributed by atoms with E-state index in [4.69, 9.17) is 0 Å². The number of nitrogens with zero attached hydrogens (tertiary/aromatic N) is 3. The molecule has 0 amide bonds. The van der Waals surface area contributed by atoms with Crippen LogP contribution < -0.4 is 4.90 Å². The lowest BCUT2D eigenvalue weighted by atomic mass is 10.1. The third kappa shape index (κ3) is 3.88. The summed E-state index contributed by atoms with van der Waals surface area (Å²) in [6.45, 7) is 8.36. The fraction of sp³-hybridized carbons (Fsp3) is 0.471. The van der Waals surface area contributed by atoms with Crippen molar-refractivity contribution < 1.29 is 9.50 Å². The average molecular weight is 335 g/mol. The molecule has 2 heterocycles. The molecule has 1 aliphatic rings. The van der Waals surface area contributed by atoms with Crippen LogP contribution in [0.5, 0.6) is 0 Å². The molecule has 1 aromatic heterocycles. The topological polar surface area (TPSA) is 39.6 Å². The molecule has 1 N–H and O–H groups in total. The molecular formula is C17H22FN3OS. The van der Waals surface area contributed by atoms with Crippen molar-refractivity contribution in [3.63, 3.8) is 0 Å². The molecule has 0 aliphatic carbocycles. The van der Waals surface area contributed by atoms with Gasteiger partial charge in [-0.05, 0) is 31.5 Å². The van der Waals surface area contributed by atoms with Crippen LogP contribution >= 0.6 is 11.3 Å². The zero-order valence-corrected chi connectivity index (χ0v) is 14.3. The molecule has 1 fully saturated rings. The number of aliphatic hydroxyl groups excluding tert-OH is 1. The summed E-state index contributed by atoms with van der Waals surface area (Å²) in [7, 11) is 0. The van der Waals surface area contributed by atoms with Crippen molar-refractivity contribution in [2.45, 2.75) is 20.0 Å². The van der Waals surface area contributed by atoms with Crippen LogP contribution in [-0.2, 0) is 0 Å². The first-order chi connectivity index (χ1) is 11.0. The van der Waals surface area contributed by atoms with Gasteiger partial charge < -0.3 is 10.0 Å². The van der Waals surface area contributed by atoms with Crippen LogP contribution in [0.3, 0.4) is 0 Å². The second kappa shape index (κ2) is 6.95. The number of halogens is 1. The molecule has 0 saturated carbocycles. The monoisotopic (exact) mass is 335 g/mol. The molecule has 124 valence electrons. The minimum absolute atomic E-state index is 0.274. The van der Waals surface area contributed by atoms with Crippen molar-refractivity contribution in [3.05, 3.63) is 46.2 Å². The van der Waals surface area contributed by atoms with Crippen molar-refractivity contribution in [1.29, 1.82) is 0 Å². The van der Waals surface area contributed by atoms with Crippen LogP contribution in [0.4, 0.5) is 9.52 Å². The SMILES string of the molecule is Cc1nc(N2CCN(CC(O)c3ccc(F)cc3)CC2)sc1C. The molecular weight excluding hydrogens is 313 g/mol. The van der Waals surface area contributed by atoms with Crippen LogP contribution in [-0.4, -0.2) is 47.7 Å². The number of piperazine rings is 1. The van der Waals surface area contributed by atoms with Gasteiger partial charge >= 0.3 is 0 Å². The number of hydrogen-bond donors (Lipinski definition) is 1. The van der Waals surface area contributed by atoms with Crippen LogP contribution in [0.1, 0.15) is 22.2 Å². The summed E-state index contributed by atoms with van der Waals surface area (Å²) in [4.78, 5) is 10.4. The summed E-state index contributed by atoms with van der Waals surface area (Å²) in [6.07, 6.45) is -0.577. The molecule has 0 bridgehead atoms. The summed E-state index contributed by atoms with van der Waals surface area (Å²) < 4.78 is 12.9. The molecule has 4 nitrogen and oxygen atoms in total. The molecule has 23 heavy (non-hydrogen) atoms. The Morgan fingerprint density at radius 1 is 1.17 bits per heavy atom. The molecule has 1 atom stereocenters. The molecule has 1 aliphatic heterocycles. The van der Waals surface area contributed by atoms with E-state index in [2.05, 4.69) is 21.7 Å². The van der Waals surface area contributed by atoms with E-state index in [0.717, 1.165) is 42.6 Å². The quantitative estimate of drug-likeness (QED) is 0.933. The fourth-order valence-electron chi connectivity index (χ4n) is 2.75. The van der Waals surface area contributed by atoms with Crippen LogP contribution in [0, 0.1) is 19.7 Å². The number of rotatable bonds is 4. The Labute approximate surface area is 140 Å². The molecule has 1 saturated heterocycles. The maximum absolute atomic E-state index is 12.9. The third-order valence-electron chi connectivity index (χ3n) is 4.35. The molecule has 0 spiro atoms. The van der Waals surface area contributed by atoms with Gasteiger partial charge in [-0.1, -0.05) is 12.1 Å². The van der Waals surface area contributed by atoms with E-state index in [-0.39, 0.29) is 5.82 Å². The lowest BCUT2D eigenvalue weighted by Gasteiger charge is -2.35. The summed E-state index contributed by atoms with van der Waals surface area (Å²) in [6, 6.07) is 6.09. The highest BCUT2D eigenvalue weighted by Crippen LogP contribution is 2.26. The average Bonchev–Trinajstić information content (AvgIpc) is 2.88. The first kappa shape index (κ1) is 16.4. The Balaban J connectivity index is 1.53. The molecule has 6 heteroatoms. The number of hydrogen-bond acceptors (Lipinski definition) is 5. The predicted molar refractivity (Wildman–Crippen MR) is 91.6 cm³/mol. The normalized spacial score (nSPS) is 17.5. The van der Waals surface area contributed by atoms with E-state index in [0.29, 0.717) is 6.54 Å². The van der Waals surface area contributed by atoms with Gasteiger partial charge in [0.05, 0.1) is 11.8 Å². The van der Waals surface area contributed by atoms with Crippen LogP contribution in [0.2, 0.25) is 0 Å². The van der Waals surface area contributed by atoms with Gasteiger partial charge in [-0.2, -0.15) is 0 Å². The Kier molecular flexibility index (Phi) is 4.94. The number of aliphatic hydroxyl groups is 1. The van der Waals surface area contributed by atoms with Gasteiger partial charge in [-0.15, -0.1) is 11.3 Å². The number of thiazole rings is 1. The van der Waals surface area contributed by atoms with Crippen molar-refractivity contribution in [2.24, 2.45) is 0 Å². The minimum Gasteiger partial charge on any atom is -0.387 e. The maximum Gasteiger partial charge on any atom is 0.185 e. The fourth-order valence-corrected chi connectivity index (χ4v) is 3.71. The second-order valence-electron chi connectivity index (χ2n) is 5.99. The van der Waals surface area contributed by atoms with E-state index in [1.54, 1.807) is 23.5 Å². The third-order valence-corrected chi connectivity index (χ3v) is 5.48. The molecule has 1 unspecified atom stereocenters. The van der Waals surface area contributed by atoms with Gasteiger partial charge in [0.25, 0.3) is 0 Å². The Hall–Kier alpha value is -1.50. The van der Waals surface area contributed by atoms with Gasteiger partial charge in [0.15, 0.2) is 5.13 Å². The van der Waals surface area contributed by atoms with Crippen molar-refractivity contribution in [3.8, 4) is 0 Å². The summed E-state index contributed by atoms with van der Waals surface area (Å²) in [5.41, 5.74) is 1.87. The van der Waals surface area contributed by atoms with E-state index < -0.39 is 6.10 Å². The second-order valence-corrected chi connectivity index (χ2v) is 7.17. The summed E-state index contributed by atoms with van der Waals surface area (Å²) in [5, 5.41) is 11.4. The van der Waals surface area contributed by atoms with E-state index >= 15 is 0 Å². The van der Waals surface area contributed by atoms with E-state index in [1.165, 1.54) is 17.0 Å². The number of anilines is 1.